The quantitative estimate of drug-likeness (QED) is 0.582. The minimum atomic E-state index is 0.677. The number of hydrogen-bond donors (Lipinski definition) is 0. The third-order valence-electron chi connectivity index (χ3n) is 3.97. The fourth-order valence-corrected chi connectivity index (χ4v) is 2.74. The van der Waals surface area contributed by atoms with Gasteiger partial charge in [-0.2, -0.15) is 0 Å². The molecular weight excluding hydrogens is 146 g/mol. The largest absolute Gasteiger partial charge is 0.295 e. The zero-order chi connectivity index (χ0) is 8.60. The molecular formula is C11H21N. The van der Waals surface area contributed by atoms with Gasteiger partial charge in [-0.3, -0.25) is 4.90 Å². The monoisotopic (exact) mass is 167 g/mol. The fourth-order valence-electron chi connectivity index (χ4n) is 2.74. The molecule has 0 aromatic heterocycles. The molecule has 2 atom stereocenters. The normalized spacial score (nSPS) is 41.0. The number of nitrogens with zero attached hydrogens (tertiary/aromatic N) is 1. The van der Waals surface area contributed by atoms with Crippen LogP contribution in [0.5, 0.6) is 0 Å². The van der Waals surface area contributed by atoms with Crippen molar-refractivity contribution in [3.8, 4) is 0 Å². The number of hydrogen-bond acceptors (Lipinski definition) is 1. The molecule has 70 valence electrons. The van der Waals surface area contributed by atoms with Crippen molar-refractivity contribution in [3.05, 3.63) is 0 Å². The van der Waals surface area contributed by atoms with E-state index in [1.165, 1.54) is 45.2 Å². The van der Waals surface area contributed by atoms with E-state index in [0.717, 1.165) is 5.92 Å². The van der Waals surface area contributed by atoms with Crippen LogP contribution in [0.1, 0.15) is 46.0 Å². The van der Waals surface area contributed by atoms with Crippen molar-refractivity contribution < 1.29 is 0 Å². The average Bonchev–Trinajstić information content (AvgIpc) is 2.87. The topological polar surface area (TPSA) is 3.01 Å². The second-order valence-electron chi connectivity index (χ2n) is 4.63. The summed E-state index contributed by atoms with van der Waals surface area (Å²) in [4.78, 5) is 2.71. The minimum absolute atomic E-state index is 0.677. The van der Waals surface area contributed by atoms with Crippen molar-refractivity contribution in [1.82, 2.24) is 4.90 Å². The summed E-state index contributed by atoms with van der Waals surface area (Å²) >= 11 is 0. The van der Waals surface area contributed by atoms with Crippen LogP contribution < -0.4 is 0 Å². The van der Waals surface area contributed by atoms with Crippen molar-refractivity contribution in [2.75, 3.05) is 13.1 Å². The summed E-state index contributed by atoms with van der Waals surface area (Å²) in [5.74, 6) is 0.978. The highest BCUT2D eigenvalue weighted by molar-refractivity contribution is 5.06. The number of rotatable bonds is 4. The highest BCUT2D eigenvalue weighted by Gasteiger charge is 2.51. The Bertz CT molecular complexity index is 158. The van der Waals surface area contributed by atoms with E-state index in [9.17, 15) is 0 Å². The summed E-state index contributed by atoms with van der Waals surface area (Å²) in [6.07, 6.45) is 7.21. The van der Waals surface area contributed by atoms with Gasteiger partial charge in [-0.05, 0) is 25.2 Å². The molecule has 0 radical (unpaired) electrons. The van der Waals surface area contributed by atoms with E-state index in [1.54, 1.807) is 0 Å². The second-order valence-corrected chi connectivity index (χ2v) is 4.63. The first-order chi connectivity index (χ1) is 5.79. The molecule has 1 heteroatoms. The summed E-state index contributed by atoms with van der Waals surface area (Å²) in [6.45, 7) is 7.51. The van der Waals surface area contributed by atoms with E-state index in [-0.39, 0.29) is 0 Å². The van der Waals surface area contributed by atoms with Crippen LogP contribution >= 0.6 is 0 Å². The standard InChI is InChI=1S/C11H21N/c1-3-4-6-11(12-8-9-12)7-5-10(11)2/h10H,3-9H2,1-2H3. The van der Waals surface area contributed by atoms with E-state index >= 15 is 0 Å². The first-order valence-corrected chi connectivity index (χ1v) is 5.54. The zero-order valence-electron chi connectivity index (χ0n) is 8.47. The SMILES string of the molecule is CCCCC1(N2CC2)CCC1C. The third-order valence-corrected chi connectivity index (χ3v) is 3.97. The summed E-state index contributed by atoms with van der Waals surface area (Å²) in [6, 6.07) is 0. The maximum Gasteiger partial charge on any atom is 0.0236 e. The molecule has 1 heterocycles. The van der Waals surface area contributed by atoms with Crippen LogP contribution in [0.3, 0.4) is 0 Å². The summed E-state index contributed by atoms with van der Waals surface area (Å²) in [5, 5.41) is 0. The predicted octanol–water partition coefficient (Wildman–Crippen LogP) is 2.66. The molecule has 0 aromatic carbocycles. The predicted molar refractivity (Wildman–Crippen MR) is 52.2 cm³/mol. The van der Waals surface area contributed by atoms with E-state index in [2.05, 4.69) is 18.7 Å². The molecule has 1 aliphatic carbocycles. The Hall–Kier alpha value is -0.0400. The lowest BCUT2D eigenvalue weighted by atomic mass is 9.65. The van der Waals surface area contributed by atoms with Crippen LogP contribution in [0.25, 0.3) is 0 Å². The Kier molecular flexibility index (Phi) is 2.16. The number of unbranched alkanes of at least 4 members (excludes halogenated alkanes) is 1. The summed E-state index contributed by atoms with van der Waals surface area (Å²) in [5.41, 5.74) is 0.677. The van der Waals surface area contributed by atoms with Gasteiger partial charge in [-0.15, -0.1) is 0 Å². The Balaban J connectivity index is 1.92. The van der Waals surface area contributed by atoms with Gasteiger partial charge in [0.1, 0.15) is 0 Å². The smallest absolute Gasteiger partial charge is 0.0236 e. The molecule has 0 spiro atoms. The molecule has 2 rings (SSSR count). The fraction of sp³-hybridized carbons (Fsp3) is 1.00. The molecule has 1 saturated carbocycles. The van der Waals surface area contributed by atoms with Gasteiger partial charge in [-0.25, -0.2) is 0 Å². The molecule has 0 aromatic rings. The van der Waals surface area contributed by atoms with Crippen molar-refractivity contribution in [3.63, 3.8) is 0 Å². The Morgan fingerprint density at radius 2 is 2.17 bits per heavy atom. The maximum absolute atomic E-state index is 2.71. The van der Waals surface area contributed by atoms with Gasteiger partial charge in [0.25, 0.3) is 0 Å². The third kappa shape index (κ3) is 1.19. The lowest BCUT2D eigenvalue weighted by molar-refractivity contribution is 0.0259. The molecule has 0 bridgehead atoms. The van der Waals surface area contributed by atoms with E-state index in [4.69, 9.17) is 0 Å². The highest BCUT2D eigenvalue weighted by Crippen LogP contribution is 2.49. The molecule has 1 aliphatic heterocycles. The lowest BCUT2D eigenvalue weighted by Crippen LogP contribution is -2.52. The van der Waals surface area contributed by atoms with E-state index in [1.807, 2.05) is 0 Å². The molecule has 2 fully saturated rings. The minimum Gasteiger partial charge on any atom is -0.295 e. The molecule has 2 aliphatic rings. The van der Waals surface area contributed by atoms with Crippen molar-refractivity contribution in [2.24, 2.45) is 5.92 Å². The van der Waals surface area contributed by atoms with Crippen molar-refractivity contribution in [2.45, 2.75) is 51.5 Å². The molecule has 12 heavy (non-hydrogen) atoms. The van der Waals surface area contributed by atoms with Gasteiger partial charge in [0.05, 0.1) is 0 Å². The van der Waals surface area contributed by atoms with Gasteiger partial charge in [0, 0.05) is 18.6 Å². The van der Waals surface area contributed by atoms with Gasteiger partial charge in [-0.1, -0.05) is 26.7 Å². The molecule has 2 unspecified atom stereocenters. The summed E-state index contributed by atoms with van der Waals surface area (Å²) < 4.78 is 0. The molecule has 0 amide bonds. The zero-order valence-corrected chi connectivity index (χ0v) is 8.47. The second kappa shape index (κ2) is 3.02. The Labute approximate surface area is 76.1 Å². The molecule has 1 nitrogen and oxygen atoms in total. The van der Waals surface area contributed by atoms with Crippen LogP contribution in [-0.2, 0) is 0 Å². The van der Waals surface area contributed by atoms with Crippen LogP contribution in [0.15, 0.2) is 0 Å². The van der Waals surface area contributed by atoms with Gasteiger partial charge in [0.2, 0.25) is 0 Å². The van der Waals surface area contributed by atoms with Gasteiger partial charge in [0.15, 0.2) is 0 Å². The Morgan fingerprint density at radius 3 is 2.50 bits per heavy atom. The van der Waals surface area contributed by atoms with Crippen molar-refractivity contribution >= 4 is 0 Å². The molecule has 1 saturated heterocycles. The van der Waals surface area contributed by atoms with Crippen LogP contribution in [0.4, 0.5) is 0 Å². The first-order valence-electron chi connectivity index (χ1n) is 5.54. The van der Waals surface area contributed by atoms with E-state index < -0.39 is 0 Å². The lowest BCUT2D eigenvalue weighted by Gasteiger charge is -2.50. The van der Waals surface area contributed by atoms with Crippen LogP contribution in [0.2, 0.25) is 0 Å². The Morgan fingerprint density at radius 1 is 1.42 bits per heavy atom. The first kappa shape index (κ1) is 8.55. The van der Waals surface area contributed by atoms with Gasteiger partial charge < -0.3 is 0 Å². The average molecular weight is 167 g/mol. The van der Waals surface area contributed by atoms with Crippen LogP contribution in [-0.4, -0.2) is 23.5 Å². The van der Waals surface area contributed by atoms with Crippen LogP contribution in [0, 0.1) is 5.92 Å². The van der Waals surface area contributed by atoms with E-state index in [0.29, 0.717) is 5.54 Å². The van der Waals surface area contributed by atoms with Crippen molar-refractivity contribution in [1.29, 1.82) is 0 Å². The highest BCUT2D eigenvalue weighted by atomic mass is 15.3. The van der Waals surface area contributed by atoms with Gasteiger partial charge >= 0.3 is 0 Å². The molecule has 0 N–H and O–H groups in total. The maximum atomic E-state index is 2.71. The summed E-state index contributed by atoms with van der Waals surface area (Å²) in [7, 11) is 0.